The zero-order valence-electron chi connectivity index (χ0n) is 10.8. The minimum atomic E-state index is -1.00. The highest BCUT2D eigenvalue weighted by atomic mass is 16.4. The highest BCUT2D eigenvalue weighted by Crippen LogP contribution is 2.20. The van der Waals surface area contributed by atoms with Crippen molar-refractivity contribution >= 4 is 17.3 Å². The standard InChI is InChI=1S/C13H16N4O2/c1-8-9(7-17(2)16-8)6-15-12-4-3-10(14)5-11(12)13(18)19/h3-5,7,15H,6,14H2,1-2H3,(H,18,19). The summed E-state index contributed by atoms with van der Waals surface area (Å²) in [5, 5.41) is 16.5. The van der Waals surface area contributed by atoms with Gasteiger partial charge in [-0.25, -0.2) is 4.79 Å². The molecule has 0 fully saturated rings. The quantitative estimate of drug-likeness (QED) is 0.726. The predicted octanol–water partition coefficient (Wildman–Crippen LogP) is 1.62. The number of aromatic nitrogens is 2. The van der Waals surface area contributed by atoms with Gasteiger partial charge in [0.1, 0.15) is 0 Å². The van der Waals surface area contributed by atoms with Crippen LogP contribution in [0.3, 0.4) is 0 Å². The lowest BCUT2D eigenvalue weighted by atomic mass is 10.1. The van der Waals surface area contributed by atoms with Gasteiger partial charge in [-0.15, -0.1) is 0 Å². The van der Waals surface area contributed by atoms with E-state index in [9.17, 15) is 4.79 Å². The Hall–Kier alpha value is -2.50. The van der Waals surface area contributed by atoms with E-state index in [2.05, 4.69) is 10.4 Å². The topological polar surface area (TPSA) is 93.2 Å². The number of rotatable bonds is 4. The molecule has 6 nitrogen and oxygen atoms in total. The lowest BCUT2D eigenvalue weighted by Crippen LogP contribution is -2.07. The van der Waals surface area contributed by atoms with Crippen molar-refractivity contribution in [3.63, 3.8) is 0 Å². The molecule has 0 amide bonds. The highest BCUT2D eigenvalue weighted by molar-refractivity contribution is 5.95. The van der Waals surface area contributed by atoms with E-state index < -0.39 is 5.97 Å². The zero-order valence-corrected chi connectivity index (χ0v) is 10.8. The molecule has 2 aromatic rings. The molecule has 0 atom stereocenters. The highest BCUT2D eigenvalue weighted by Gasteiger charge is 2.11. The van der Waals surface area contributed by atoms with Gasteiger partial charge in [-0.3, -0.25) is 4.68 Å². The molecule has 1 aromatic heterocycles. The van der Waals surface area contributed by atoms with E-state index in [4.69, 9.17) is 10.8 Å². The average Bonchev–Trinajstić information content (AvgIpc) is 2.66. The predicted molar refractivity (Wildman–Crippen MR) is 73.1 cm³/mol. The average molecular weight is 260 g/mol. The summed E-state index contributed by atoms with van der Waals surface area (Å²) >= 11 is 0. The monoisotopic (exact) mass is 260 g/mol. The lowest BCUT2D eigenvalue weighted by molar-refractivity contribution is 0.0698. The molecule has 1 heterocycles. The molecule has 0 saturated carbocycles. The minimum absolute atomic E-state index is 0.168. The molecule has 0 saturated heterocycles. The van der Waals surface area contributed by atoms with Crippen LogP contribution in [0, 0.1) is 6.92 Å². The molecule has 2 rings (SSSR count). The van der Waals surface area contributed by atoms with Crippen LogP contribution in [0.4, 0.5) is 11.4 Å². The molecule has 0 aliphatic rings. The van der Waals surface area contributed by atoms with E-state index in [1.807, 2.05) is 20.2 Å². The number of hydrogen-bond acceptors (Lipinski definition) is 4. The largest absolute Gasteiger partial charge is 0.478 e. The number of aromatic carboxylic acids is 1. The summed E-state index contributed by atoms with van der Waals surface area (Å²) < 4.78 is 1.73. The van der Waals surface area contributed by atoms with Gasteiger partial charge in [0.25, 0.3) is 0 Å². The number of carboxylic acid groups (broad SMARTS) is 1. The van der Waals surface area contributed by atoms with Crippen LogP contribution in [-0.2, 0) is 13.6 Å². The molecule has 19 heavy (non-hydrogen) atoms. The fourth-order valence-electron chi connectivity index (χ4n) is 1.91. The molecule has 0 aliphatic heterocycles. The Kier molecular flexibility index (Phi) is 3.41. The maximum Gasteiger partial charge on any atom is 0.337 e. The molecule has 0 bridgehead atoms. The van der Waals surface area contributed by atoms with Gasteiger partial charge in [0.2, 0.25) is 0 Å². The summed E-state index contributed by atoms with van der Waals surface area (Å²) in [4.78, 5) is 11.1. The smallest absolute Gasteiger partial charge is 0.337 e. The number of benzene rings is 1. The van der Waals surface area contributed by atoms with Crippen molar-refractivity contribution in [3.8, 4) is 0 Å². The lowest BCUT2D eigenvalue weighted by Gasteiger charge is -2.09. The van der Waals surface area contributed by atoms with Crippen molar-refractivity contribution in [1.82, 2.24) is 9.78 Å². The third kappa shape index (κ3) is 2.85. The summed E-state index contributed by atoms with van der Waals surface area (Å²) in [5.74, 6) is -1.00. The third-order valence-electron chi connectivity index (χ3n) is 2.86. The molecule has 0 unspecified atom stereocenters. The molecule has 0 radical (unpaired) electrons. The number of nitrogens with two attached hydrogens (primary N) is 1. The van der Waals surface area contributed by atoms with Crippen molar-refractivity contribution in [3.05, 3.63) is 41.2 Å². The van der Waals surface area contributed by atoms with Crippen molar-refractivity contribution in [2.45, 2.75) is 13.5 Å². The molecule has 0 aliphatic carbocycles. The van der Waals surface area contributed by atoms with Gasteiger partial charge in [-0.05, 0) is 25.1 Å². The van der Waals surface area contributed by atoms with Gasteiger partial charge in [0.05, 0.1) is 11.3 Å². The number of nitrogens with zero attached hydrogens (tertiary/aromatic N) is 2. The number of anilines is 2. The Morgan fingerprint density at radius 2 is 2.26 bits per heavy atom. The first-order valence-electron chi connectivity index (χ1n) is 5.83. The Morgan fingerprint density at radius 1 is 1.53 bits per heavy atom. The van der Waals surface area contributed by atoms with Crippen LogP contribution in [0.25, 0.3) is 0 Å². The molecule has 1 aromatic carbocycles. The number of carbonyl (C=O) groups is 1. The van der Waals surface area contributed by atoms with Gasteiger partial charge in [0, 0.05) is 36.7 Å². The first-order chi connectivity index (χ1) is 8.97. The molecule has 6 heteroatoms. The van der Waals surface area contributed by atoms with Gasteiger partial charge >= 0.3 is 5.97 Å². The number of carboxylic acids is 1. The van der Waals surface area contributed by atoms with Crippen molar-refractivity contribution in [2.75, 3.05) is 11.1 Å². The maximum atomic E-state index is 11.1. The molecular weight excluding hydrogens is 244 g/mol. The van der Waals surface area contributed by atoms with Crippen LogP contribution in [0.1, 0.15) is 21.6 Å². The van der Waals surface area contributed by atoms with Crippen LogP contribution in [0.15, 0.2) is 24.4 Å². The van der Waals surface area contributed by atoms with E-state index in [0.717, 1.165) is 11.3 Å². The summed E-state index contributed by atoms with van der Waals surface area (Å²) in [6, 6.07) is 4.79. The maximum absolute atomic E-state index is 11.1. The Bertz CT molecular complexity index is 619. The molecule has 4 N–H and O–H groups in total. The second kappa shape index (κ2) is 5.01. The summed E-state index contributed by atoms with van der Waals surface area (Å²) in [6.07, 6.45) is 1.90. The second-order valence-corrected chi connectivity index (χ2v) is 4.38. The Labute approximate surface area is 110 Å². The van der Waals surface area contributed by atoms with Gasteiger partial charge in [-0.1, -0.05) is 0 Å². The minimum Gasteiger partial charge on any atom is -0.478 e. The number of nitrogen functional groups attached to an aromatic ring is 1. The van der Waals surface area contributed by atoms with E-state index in [0.29, 0.717) is 17.9 Å². The fourth-order valence-corrected chi connectivity index (χ4v) is 1.91. The van der Waals surface area contributed by atoms with E-state index in [1.54, 1.807) is 16.8 Å². The summed E-state index contributed by atoms with van der Waals surface area (Å²) in [6.45, 7) is 2.43. The Morgan fingerprint density at radius 3 is 2.84 bits per heavy atom. The van der Waals surface area contributed by atoms with E-state index in [-0.39, 0.29) is 5.56 Å². The van der Waals surface area contributed by atoms with Gasteiger partial charge < -0.3 is 16.2 Å². The Balaban J connectivity index is 2.20. The van der Waals surface area contributed by atoms with Gasteiger partial charge in [0.15, 0.2) is 0 Å². The number of aryl methyl sites for hydroxylation is 2. The van der Waals surface area contributed by atoms with E-state index >= 15 is 0 Å². The van der Waals surface area contributed by atoms with Crippen LogP contribution in [0.2, 0.25) is 0 Å². The molecule has 0 spiro atoms. The first kappa shape index (κ1) is 12.9. The molecule has 100 valence electrons. The summed E-state index contributed by atoms with van der Waals surface area (Å²) in [5.41, 5.74) is 8.68. The third-order valence-corrected chi connectivity index (χ3v) is 2.86. The van der Waals surface area contributed by atoms with Crippen molar-refractivity contribution < 1.29 is 9.90 Å². The number of nitrogens with one attached hydrogen (secondary N) is 1. The van der Waals surface area contributed by atoms with Crippen molar-refractivity contribution in [2.24, 2.45) is 7.05 Å². The van der Waals surface area contributed by atoms with Crippen molar-refractivity contribution in [1.29, 1.82) is 0 Å². The first-order valence-corrected chi connectivity index (χ1v) is 5.83. The SMILES string of the molecule is Cc1nn(C)cc1CNc1ccc(N)cc1C(=O)O. The summed E-state index contributed by atoms with van der Waals surface area (Å²) in [7, 11) is 1.85. The zero-order chi connectivity index (χ0) is 14.0. The van der Waals surface area contributed by atoms with Gasteiger partial charge in [-0.2, -0.15) is 5.10 Å². The van der Waals surface area contributed by atoms with Crippen LogP contribution >= 0.6 is 0 Å². The van der Waals surface area contributed by atoms with Crippen LogP contribution < -0.4 is 11.1 Å². The normalized spacial score (nSPS) is 10.4. The van der Waals surface area contributed by atoms with Crippen LogP contribution in [-0.4, -0.2) is 20.9 Å². The fraction of sp³-hybridized carbons (Fsp3) is 0.231. The second-order valence-electron chi connectivity index (χ2n) is 4.38. The number of hydrogen-bond donors (Lipinski definition) is 3. The van der Waals surface area contributed by atoms with Crippen LogP contribution in [0.5, 0.6) is 0 Å². The molecular formula is C13H16N4O2. The van der Waals surface area contributed by atoms with E-state index in [1.165, 1.54) is 6.07 Å².